The maximum atomic E-state index is 12.3. The minimum Gasteiger partial charge on any atom is -0.433 e. The summed E-state index contributed by atoms with van der Waals surface area (Å²) in [6, 6.07) is 15.8. The van der Waals surface area contributed by atoms with Crippen molar-refractivity contribution in [2.24, 2.45) is 0 Å². The maximum Gasteiger partial charge on any atom is 0.387 e. The van der Waals surface area contributed by atoms with Crippen molar-refractivity contribution in [2.75, 3.05) is 18.9 Å². The Morgan fingerprint density at radius 2 is 1.78 bits per heavy atom. The van der Waals surface area contributed by atoms with Crippen LogP contribution in [-0.4, -0.2) is 31.0 Å². The molecule has 0 heterocycles. The molecule has 0 saturated carbocycles. The number of para-hydroxylation sites is 2. The van der Waals surface area contributed by atoms with Crippen LogP contribution in [0.4, 0.5) is 14.5 Å². The highest BCUT2D eigenvalue weighted by atomic mass is 19.3. The molecule has 4 nitrogen and oxygen atoms in total. The number of halogens is 2. The molecule has 0 aliphatic carbocycles. The molecule has 0 aromatic heterocycles. The van der Waals surface area contributed by atoms with Gasteiger partial charge in [0.2, 0.25) is 5.91 Å². The Labute approximate surface area is 133 Å². The van der Waals surface area contributed by atoms with Crippen LogP contribution in [0.15, 0.2) is 54.6 Å². The molecule has 2 rings (SSSR count). The van der Waals surface area contributed by atoms with Crippen molar-refractivity contribution in [3.63, 3.8) is 0 Å². The summed E-state index contributed by atoms with van der Waals surface area (Å²) in [5.41, 5.74) is 1.31. The number of hydrogen-bond donors (Lipinski definition) is 1. The number of carbonyl (C=O) groups is 1. The summed E-state index contributed by atoms with van der Waals surface area (Å²) in [6.45, 7) is -2.18. The standard InChI is InChI=1S/C17H18F2N2O2/c1-21(11-13-7-3-2-4-8-13)12-16(22)20-14-9-5-6-10-15(14)23-17(18)19/h2-10,17H,11-12H2,1H3,(H,20,22). The van der Waals surface area contributed by atoms with E-state index in [9.17, 15) is 13.6 Å². The Morgan fingerprint density at radius 1 is 1.13 bits per heavy atom. The first-order chi connectivity index (χ1) is 11.0. The van der Waals surface area contributed by atoms with Crippen molar-refractivity contribution >= 4 is 11.6 Å². The van der Waals surface area contributed by atoms with Gasteiger partial charge in [0.25, 0.3) is 0 Å². The van der Waals surface area contributed by atoms with Gasteiger partial charge in [0, 0.05) is 6.54 Å². The zero-order chi connectivity index (χ0) is 16.7. The monoisotopic (exact) mass is 320 g/mol. The minimum absolute atomic E-state index is 0.0541. The van der Waals surface area contributed by atoms with Crippen LogP contribution in [0.5, 0.6) is 5.75 Å². The molecule has 0 aliphatic rings. The second-order valence-electron chi connectivity index (χ2n) is 5.08. The zero-order valence-corrected chi connectivity index (χ0v) is 12.7. The summed E-state index contributed by atoms with van der Waals surface area (Å²) < 4.78 is 29.1. The summed E-state index contributed by atoms with van der Waals surface area (Å²) >= 11 is 0. The van der Waals surface area contributed by atoms with Crippen LogP contribution in [0.2, 0.25) is 0 Å². The van der Waals surface area contributed by atoms with Crippen LogP contribution >= 0.6 is 0 Å². The third kappa shape index (κ3) is 5.67. The van der Waals surface area contributed by atoms with Gasteiger partial charge in [-0.15, -0.1) is 0 Å². The van der Waals surface area contributed by atoms with Crippen molar-refractivity contribution in [3.05, 3.63) is 60.2 Å². The Hall–Kier alpha value is -2.47. The number of benzene rings is 2. The number of likely N-dealkylation sites (N-methyl/N-ethyl adjacent to an activating group) is 1. The van der Waals surface area contributed by atoms with Crippen molar-refractivity contribution in [3.8, 4) is 5.75 Å². The van der Waals surface area contributed by atoms with E-state index in [4.69, 9.17) is 0 Å². The van der Waals surface area contributed by atoms with Gasteiger partial charge in [-0.05, 0) is 24.7 Å². The van der Waals surface area contributed by atoms with E-state index in [1.807, 2.05) is 42.3 Å². The molecular formula is C17H18F2N2O2. The Bertz CT molecular complexity index is 636. The summed E-state index contributed by atoms with van der Waals surface area (Å²) in [7, 11) is 1.81. The van der Waals surface area contributed by atoms with Crippen LogP contribution < -0.4 is 10.1 Å². The molecule has 2 aromatic carbocycles. The number of carbonyl (C=O) groups excluding carboxylic acids is 1. The van der Waals surface area contributed by atoms with E-state index in [2.05, 4.69) is 10.1 Å². The van der Waals surface area contributed by atoms with Gasteiger partial charge >= 0.3 is 6.61 Å². The minimum atomic E-state index is -2.94. The molecule has 1 amide bonds. The molecule has 2 aromatic rings. The lowest BCUT2D eigenvalue weighted by atomic mass is 10.2. The van der Waals surface area contributed by atoms with Gasteiger partial charge in [-0.3, -0.25) is 9.69 Å². The number of anilines is 1. The molecule has 23 heavy (non-hydrogen) atoms. The molecule has 0 unspecified atom stereocenters. The first-order valence-corrected chi connectivity index (χ1v) is 7.11. The fourth-order valence-electron chi connectivity index (χ4n) is 2.15. The lowest BCUT2D eigenvalue weighted by molar-refractivity contribution is -0.117. The van der Waals surface area contributed by atoms with Gasteiger partial charge in [0.15, 0.2) is 0 Å². The van der Waals surface area contributed by atoms with Gasteiger partial charge in [0.1, 0.15) is 5.75 Å². The lowest BCUT2D eigenvalue weighted by Crippen LogP contribution is -2.30. The summed E-state index contributed by atoms with van der Waals surface area (Å²) in [4.78, 5) is 13.9. The van der Waals surface area contributed by atoms with Gasteiger partial charge in [-0.1, -0.05) is 42.5 Å². The molecular weight excluding hydrogens is 302 g/mol. The second-order valence-corrected chi connectivity index (χ2v) is 5.08. The number of amides is 1. The van der Waals surface area contributed by atoms with E-state index in [0.717, 1.165) is 5.56 Å². The fraction of sp³-hybridized carbons (Fsp3) is 0.235. The molecule has 122 valence electrons. The molecule has 0 radical (unpaired) electrons. The smallest absolute Gasteiger partial charge is 0.387 e. The van der Waals surface area contributed by atoms with E-state index in [1.165, 1.54) is 12.1 Å². The lowest BCUT2D eigenvalue weighted by Gasteiger charge is -2.17. The van der Waals surface area contributed by atoms with Crippen molar-refractivity contribution in [1.29, 1.82) is 0 Å². The highest BCUT2D eigenvalue weighted by Gasteiger charge is 2.13. The SMILES string of the molecule is CN(CC(=O)Nc1ccccc1OC(F)F)Cc1ccccc1. The predicted octanol–water partition coefficient (Wildman–Crippen LogP) is 3.36. The third-order valence-electron chi connectivity index (χ3n) is 3.09. The third-order valence-corrected chi connectivity index (χ3v) is 3.09. The second kappa shape index (κ2) is 8.24. The average molecular weight is 320 g/mol. The normalized spacial score (nSPS) is 10.8. The van der Waals surface area contributed by atoms with Crippen molar-refractivity contribution < 1.29 is 18.3 Å². The van der Waals surface area contributed by atoms with E-state index in [0.29, 0.717) is 6.54 Å². The van der Waals surface area contributed by atoms with E-state index in [1.54, 1.807) is 12.1 Å². The highest BCUT2D eigenvalue weighted by Crippen LogP contribution is 2.25. The van der Waals surface area contributed by atoms with Crippen molar-refractivity contribution in [2.45, 2.75) is 13.2 Å². The van der Waals surface area contributed by atoms with E-state index < -0.39 is 6.61 Å². The number of rotatable bonds is 7. The first-order valence-electron chi connectivity index (χ1n) is 7.11. The van der Waals surface area contributed by atoms with Crippen LogP contribution in [0.1, 0.15) is 5.56 Å². The maximum absolute atomic E-state index is 12.3. The number of hydrogen-bond acceptors (Lipinski definition) is 3. The molecule has 0 spiro atoms. The Kier molecular flexibility index (Phi) is 6.05. The molecule has 6 heteroatoms. The van der Waals surface area contributed by atoms with Crippen LogP contribution in [-0.2, 0) is 11.3 Å². The zero-order valence-electron chi connectivity index (χ0n) is 12.7. The average Bonchev–Trinajstić information content (AvgIpc) is 2.49. The van der Waals surface area contributed by atoms with Crippen molar-refractivity contribution in [1.82, 2.24) is 4.90 Å². The molecule has 0 atom stereocenters. The predicted molar refractivity (Wildman–Crippen MR) is 84.5 cm³/mol. The van der Waals surface area contributed by atoms with Gasteiger partial charge in [-0.2, -0.15) is 8.78 Å². The Balaban J connectivity index is 1.92. The van der Waals surface area contributed by atoms with E-state index >= 15 is 0 Å². The van der Waals surface area contributed by atoms with Crippen LogP contribution in [0.3, 0.4) is 0 Å². The van der Waals surface area contributed by atoms with Gasteiger partial charge in [-0.25, -0.2) is 0 Å². The van der Waals surface area contributed by atoms with Crippen LogP contribution in [0, 0.1) is 0 Å². The summed E-state index contributed by atoms with van der Waals surface area (Å²) in [5.74, 6) is -0.352. The number of nitrogens with zero attached hydrogens (tertiary/aromatic N) is 1. The highest BCUT2D eigenvalue weighted by molar-refractivity contribution is 5.93. The van der Waals surface area contributed by atoms with Gasteiger partial charge < -0.3 is 10.1 Å². The molecule has 0 aliphatic heterocycles. The first kappa shape index (κ1) is 16.9. The Morgan fingerprint density at radius 3 is 2.48 bits per heavy atom. The topological polar surface area (TPSA) is 41.6 Å². The number of ether oxygens (including phenoxy) is 1. The van der Waals surface area contributed by atoms with Crippen LogP contribution in [0.25, 0.3) is 0 Å². The van der Waals surface area contributed by atoms with E-state index in [-0.39, 0.29) is 23.9 Å². The fourth-order valence-corrected chi connectivity index (χ4v) is 2.15. The number of alkyl halides is 2. The molecule has 1 N–H and O–H groups in total. The molecule has 0 saturated heterocycles. The summed E-state index contributed by atoms with van der Waals surface area (Å²) in [5, 5.41) is 2.59. The van der Waals surface area contributed by atoms with Gasteiger partial charge in [0.05, 0.1) is 12.2 Å². The molecule has 0 fully saturated rings. The molecule has 0 bridgehead atoms. The number of nitrogens with one attached hydrogen (secondary N) is 1. The largest absolute Gasteiger partial charge is 0.433 e. The summed E-state index contributed by atoms with van der Waals surface area (Å²) in [6.07, 6.45) is 0. The quantitative estimate of drug-likeness (QED) is 0.850.